The van der Waals surface area contributed by atoms with Crippen molar-refractivity contribution in [2.75, 3.05) is 0 Å². The van der Waals surface area contributed by atoms with Crippen LogP contribution in [0.1, 0.15) is 43.7 Å². The van der Waals surface area contributed by atoms with Crippen LogP contribution in [0.2, 0.25) is 0 Å². The van der Waals surface area contributed by atoms with Crippen molar-refractivity contribution >= 4 is 22.0 Å². The third-order valence-electron chi connectivity index (χ3n) is 3.01. The first-order valence-electron chi connectivity index (χ1n) is 5.78. The summed E-state index contributed by atoms with van der Waals surface area (Å²) < 4.78 is 1.24. The number of unbranched alkanes of at least 4 members (excludes halogenated alkanes) is 2. The van der Waals surface area contributed by atoms with Crippen LogP contribution in [0.3, 0.4) is 0 Å². The van der Waals surface area contributed by atoms with E-state index in [0.717, 1.165) is 0 Å². The number of fused-ring (bicyclic) bond motifs is 1. The van der Waals surface area contributed by atoms with Gasteiger partial charge < -0.3 is 0 Å². The Bertz CT molecular complexity index is 377. The molecule has 0 bridgehead atoms. The van der Waals surface area contributed by atoms with Crippen LogP contribution >= 0.6 is 15.9 Å². The quantitative estimate of drug-likeness (QED) is 0.674. The predicted octanol–water partition coefficient (Wildman–Crippen LogP) is 4.97. The van der Waals surface area contributed by atoms with Crippen LogP contribution in [-0.2, 0) is 6.42 Å². The van der Waals surface area contributed by atoms with Crippen LogP contribution in [0, 0.1) is 0 Å². The van der Waals surface area contributed by atoms with Crippen LogP contribution in [0.25, 0.3) is 6.08 Å². The van der Waals surface area contributed by atoms with E-state index in [1.165, 1.54) is 47.7 Å². The molecule has 15 heavy (non-hydrogen) atoms. The van der Waals surface area contributed by atoms with Gasteiger partial charge in [-0.1, -0.05) is 59.5 Å². The number of benzene rings is 1. The molecular weight excluding hydrogens is 248 g/mol. The van der Waals surface area contributed by atoms with Crippen molar-refractivity contribution in [3.05, 3.63) is 39.4 Å². The van der Waals surface area contributed by atoms with Gasteiger partial charge in [-0.05, 0) is 36.5 Å². The zero-order valence-corrected chi connectivity index (χ0v) is 10.8. The minimum absolute atomic E-state index is 1.17. The lowest BCUT2D eigenvalue weighted by Gasteiger charge is -2.00. The molecule has 0 aromatic heterocycles. The van der Waals surface area contributed by atoms with Crippen LogP contribution in [0.15, 0.2) is 28.2 Å². The maximum absolute atomic E-state index is 3.61. The van der Waals surface area contributed by atoms with Gasteiger partial charge in [0.15, 0.2) is 0 Å². The molecule has 0 N–H and O–H groups in total. The second-order valence-electron chi connectivity index (χ2n) is 4.25. The molecule has 0 saturated carbocycles. The van der Waals surface area contributed by atoms with Crippen molar-refractivity contribution in [2.24, 2.45) is 0 Å². The first kappa shape index (κ1) is 10.9. The summed E-state index contributed by atoms with van der Waals surface area (Å²) in [5.74, 6) is 0. The lowest BCUT2D eigenvalue weighted by Crippen LogP contribution is -1.85. The average molecular weight is 265 g/mol. The molecule has 0 nitrogen and oxygen atoms in total. The van der Waals surface area contributed by atoms with E-state index in [1.807, 2.05) is 0 Å². The van der Waals surface area contributed by atoms with E-state index in [-0.39, 0.29) is 0 Å². The Kier molecular flexibility index (Phi) is 3.63. The number of halogens is 1. The molecule has 1 heteroatoms. The van der Waals surface area contributed by atoms with E-state index >= 15 is 0 Å². The molecule has 0 radical (unpaired) electrons. The summed E-state index contributed by atoms with van der Waals surface area (Å²) in [6.45, 7) is 2.26. The SMILES string of the molecule is CCCCCC1=Cc2c(Br)cccc2C1. The van der Waals surface area contributed by atoms with E-state index in [1.54, 1.807) is 5.57 Å². The lowest BCUT2D eigenvalue weighted by atomic mass is 10.1. The van der Waals surface area contributed by atoms with Gasteiger partial charge in [0.25, 0.3) is 0 Å². The minimum atomic E-state index is 1.17. The Morgan fingerprint density at radius 1 is 1.27 bits per heavy atom. The fourth-order valence-electron chi connectivity index (χ4n) is 2.16. The monoisotopic (exact) mass is 264 g/mol. The minimum Gasteiger partial charge on any atom is -0.0654 e. The summed E-state index contributed by atoms with van der Waals surface area (Å²) in [5, 5.41) is 0. The molecule has 0 unspecified atom stereocenters. The van der Waals surface area contributed by atoms with Crippen LogP contribution in [0.5, 0.6) is 0 Å². The molecule has 0 atom stereocenters. The molecular formula is C14H17Br. The van der Waals surface area contributed by atoms with Crippen molar-refractivity contribution in [1.82, 2.24) is 0 Å². The molecule has 1 aromatic rings. The highest BCUT2D eigenvalue weighted by atomic mass is 79.9. The summed E-state index contributed by atoms with van der Waals surface area (Å²) in [6, 6.07) is 6.50. The molecule has 2 rings (SSSR count). The fourth-order valence-corrected chi connectivity index (χ4v) is 2.68. The van der Waals surface area contributed by atoms with E-state index in [4.69, 9.17) is 0 Å². The maximum Gasteiger partial charge on any atom is 0.0250 e. The van der Waals surface area contributed by atoms with Gasteiger partial charge in [0.2, 0.25) is 0 Å². The fraction of sp³-hybridized carbons (Fsp3) is 0.429. The summed E-state index contributed by atoms with van der Waals surface area (Å²) in [4.78, 5) is 0. The Morgan fingerprint density at radius 3 is 2.87 bits per heavy atom. The molecule has 80 valence electrons. The molecule has 0 aliphatic heterocycles. The van der Waals surface area contributed by atoms with Crippen molar-refractivity contribution < 1.29 is 0 Å². The number of allylic oxidation sites excluding steroid dienone is 1. The largest absolute Gasteiger partial charge is 0.0654 e. The molecule has 1 aliphatic rings. The van der Waals surface area contributed by atoms with Gasteiger partial charge in [-0.15, -0.1) is 0 Å². The Morgan fingerprint density at radius 2 is 2.13 bits per heavy atom. The third-order valence-corrected chi connectivity index (χ3v) is 3.70. The molecule has 0 heterocycles. The smallest absolute Gasteiger partial charge is 0.0250 e. The van der Waals surface area contributed by atoms with Gasteiger partial charge in [0, 0.05) is 4.47 Å². The second-order valence-corrected chi connectivity index (χ2v) is 5.10. The van der Waals surface area contributed by atoms with Crippen molar-refractivity contribution in [1.29, 1.82) is 0 Å². The van der Waals surface area contributed by atoms with E-state index in [0.29, 0.717) is 0 Å². The summed E-state index contributed by atoms with van der Waals surface area (Å²) in [5.41, 5.74) is 4.49. The zero-order chi connectivity index (χ0) is 10.7. The van der Waals surface area contributed by atoms with Crippen LogP contribution in [-0.4, -0.2) is 0 Å². The van der Waals surface area contributed by atoms with Gasteiger partial charge in [0.05, 0.1) is 0 Å². The molecule has 1 aromatic carbocycles. The highest BCUT2D eigenvalue weighted by Crippen LogP contribution is 2.32. The topological polar surface area (TPSA) is 0 Å². The van der Waals surface area contributed by atoms with Gasteiger partial charge in [-0.2, -0.15) is 0 Å². The molecule has 0 saturated heterocycles. The molecule has 0 spiro atoms. The first-order valence-corrected chi connectivity index (χ1v) is 6.57. The summed E-state index contributed by atoms with van der Waals surface area (Å²) >= 11 is 3.61. The summed E-state index contributed by atoms with van der Waals surface area (Å²) in [7, 11) is 0. The van der Waals surface area contributed by atoms with Gasteiger partial charge in [-0.25, -0.2) is 0 Å². The molecule has 0 fully saturated rings. The Hall–Kier alpha value is -0.560. The lowest BCUT2D eigenvalue weighted by molar-refractivity contribution is 0.709. The van der Waals surface area contributed by atoms with Gasteiger partial charge in [0.1, 0.15) is 0 Å². The molecule has 0 amide bonds. The molecule has 1 aliphatic carbocycles. The maximum atomic E-state index is 3.61. The van der Waals surface area contributed by atoms with Crippen molar-refractivity contribution in [3.8, 4) is 0 Å². The third kappa shape index (κ3) is 2.52. The van der Waals surface area contributed by atoms with Gasteiger partial charge >= 0.3 is 0 Å². The van der Waals surface area contributed by atoms with Crippen LogP contribution < -0.4 is 0 Å². The first-order chi connectivity index (χ1) is 7.31. The Balaban J connectivity index is 2.04. The standard InChI is InChI=1S/C14H17Br/c1-2-3-4-6-11-9-12-7-5-8-14(15)13(12)10-11/h5,7-8,10H,2-4,6,9H2,1H3. The highest BCUT2D eigenvalue weighted by molar-refractivity contribution is 9.10. The zero-order valence-electron chi connectivity index (χ0n) is 9.22. The van der Waals surface area contributed by atoms with Gasteiger partial charge in [-0.3, -0.25) is 0 Å². The van der Waals surface area contributed by atoms with E-state index in [2.05, 4.69) is 47.1 Å². The summed E-state index contributed by atoms with van der Waals surface area (Å²) in [6.07, 6.45) is 8.81. The Labute approximate surface area is 101 Å². The van der Waals surface area contributed by atoms with Crippen LogP contribution in [0.4, 0.5) is 0 Å². The van der Waals surface area contributed by atoms with Crippen molar-refractivity contribution in [3.63, 3.8) is 0 Å². The highest BCUT2D eigenvalue weighted by Gasteiger charge is 2.13. The predicted molar refractivity (Wildman–Crippen MR) is 70.0 cm³/mol. The number of hydrogen-bond donors (Lipinski definition) is 0. The van der Waals surface area contributed by atoms with E-state index in [9.17, 15) is 0 Å². The average Bonchev–Trinajstić information content (AvgIpc) is 2.63. The number of hydrogen-bond acceptors (Lipinski definition) is 0. The second kappa shape index (κ2) is 4.98. The van der Waals surface area contributed by atoms with E-state index < -0.39 is 0 Å². The number of rotatable bonds is 4. The van der Waals surface area contributed by atoms with Crippen molar-refractivity contribution in [2.45, 2.75) is 39.0 Å². The normalized spacial score (nSPS) is 13.9.